The number of halogens is 3. The van der Waals surface area contributed by atoms with Crippen LogP contribution in [0.1, 0.15) is 16.3 Å². The first-order valence-electron chi connectivity index (χ1n) is 8.44. The van der Waals surface area contributed by atoms with Crippen LogP contribution in [0, 0.1) is 0 Å². The van der Waals surface area contributed by atoms with Gasteiger partial charge in [0.1, 0.15) is 24.1 Å². The number of amides is 1. The van der Waals surface area contributed by atoms with Crippen LogP contribution < -0.4 is 10.6 Å². The topological polar surface area (TPSA) is 142 Å². The molecule has 0 radical (unpaired) electrons. The van der Waals surface area contributed by atoms with Crippen LogP contribution in [-0.4, -0.2) is 73.6 Å². The van der Waals surface area contributed by atoms with Crippen LogP contribution in [0.25, 0.3) is 0 Å². The van der Waals surface area contributed by atoms with Crippen LogP contribution in [0.3, 0.4) is 0 Å². The molecule has 0 bridgehead atoms. The van der Waals surface area contributed by atoms with E-state index in [9.17, 15) is 28.2 Å². The first kappa shape index (κ1) is 20.8. The van der Waals surface area contributed by atoms with E-state index in [1.807, 2.05) is 0 Å². The van der Waals surface area contributed by atoms with E-state index in [1.54, 1.807) is 6.07 Å². The summed E-state index contributed by atoms with van der Waals surface area (Å²) < 4.78 is 43.6. The molecule has 4 N–H and O–H groups in total. The highest BCUT2D eigenvalue weighted by Crippen LogP contribution is 2.28. The Morgan fingerprint density at radius 2 is 1.93 bits per heavy atom. The Balaban J connectivity index is 1.57. The monoisotopic (exact) mass is 414 g/mol. The van der Waals surface area contributed by atoms with Crippen molar-refractivity contribution in [3.8, 4) is 0 Å². The molecule has 0 spiro atoms. The molecule has 1 saturated heterocycles. The van der Waals surface area contributed by atoms with Gasteiger partial charge in [-0.15, -0.1) is 0 Å². The van der Waals surface area contributed by atoms with Gasteiger partial charge in [0, 0.05) is 18.9 Å². The van der Waals surface area contributed by atoms with E-state index in [0.29, 0.717) is 6.20 Å². The number of rotatable bonds is 5. The number of alkyl halides is 3. The number of aromatic nitrogens is 4. The van der Waals surface area contributed by atoms with Gasteiger partial charge in [-0.2, -0.15) is 13.2 Å². The van der Waals surface area contributed by atoms with Crippen LogP contribution in [0.5, 0.6) is 0 Å². The normalized spacial score (nSPS) is 24.7. The molecule has 1 amide bonds. The van der Waals surface area contributed by atoms with E-state index in [4.69, 9.17) is 4.74 Å². The largest absolute Gasteiger partial charge is 0.434 e. The van der Waals surface area contributed by atoms with Gasteiger partial charge in [-0.05, 0) is 6.07 Å². The first-order chi connectivity index (χ1) is 13.8. The van der Waals surface area contributed by atoms with Gasteiger partial charge in [-0.1, -0.05) is 0 Å². The maximum absolute atomic E-state index is 12.7. The van der Waals surface area contributed by atoms with Crippen molar-refractivity contribution in [3.05, 3.63) is 42.4 Å². The van der Waals surface area contributed by atoms with Crippen molar-refractivity contribution < 1.29 is 32.9 Å². The summed E-state index contributed by atoms with van der Waals surface area (Å²) in [5.41, 5.74) is -1.20. The van der Waals surface area contributed by atoms with Crippen molar-refractivity contribution in [2.75, 3.05) is 18.5 Å². The minimum atomic E-state index is -4.67. The molecule has 0 saturated carbocycles. The summed E-state index contributed by atoms with van der Waals surface area (Å²) in [7, 11) is 0. The van der Waals surface area contributed by atoms with Gasteiger partial charge in [-0.25, -0.2) is 15.0 Å². The summed E-state index contributed by atoms with van der Waals surface area (Å²) in [4.78, 5) is 26.4. The molecule has 1 fully saturated rings. The molecule has 0 unspecified atom stereocenters. The number of hydrogen-bond donors (Lipinski definition) is 4. The van der Waals surface area contributed by atoms with Gasteiger partial charge >= 0.3 is 6.18 Å². The predicted octanol–water partition coefficient (Wildman–Crippen LogP) is -0.384. The lowest BCUT2D eigenvalue weighted by molar-refractivity contribution is -0.141. The van der Waals surface area contributed by atoms with Crippen LogP contribution >= 0.6 is 0 Å². The average Bonchev–Trinajstić information content (AvgIpc) is 2.71. The summed E-state index contributed by atoms with van der Waals surface area (Å²) in [6.45, 7) is -0.288. The molecule has 1 aliphatic rings. The molecule has 4 atom stereocenters. The van der Waals surface area contributed by atoms with Crippen LogP contribution in [0.15, 0.2) is 30.9 Å². The highest BCUT2D eigenvalue weighted by atomic mass is 19.4. The van der Waals surface area contributed by atoms with E-state index in [2.05, 4.69) is 30.6 Å². The number of ether oxygens (including phenoxy) is 1. The summed E-state index contributed by atoms with van der Waals surface area (Å²) in [6.07, 6.45) is -4.01. The van der Waals surface area contributed by atoms with Crippen LogP contribution in [0.4, 0.5) is 19.0 Å². The Bertz CT molecular complexity index is 841. The van der Waals surface area contributed by atoms with Gasteiger partial charge in [-0.3, -0.25) is 9.78 Å². The minimum absolute atomic E-state index is 0.0685. The first-order valence-corrected chi connectivity index (χ1v) is 8.44. The van der Waals surface area contributed by atoms with Gasteiger partial charge in [0.15, 0.2) is 5.69 Å². The summed E-state index contributed by atoms with van der Waals surface area (Å²) in [5, 5.41) is 25.6. The molecule has 156 valence electrons. The number of nitrogens with one attached hydrogen (secondary N) is 2. The predicted molar refractivity (Wildman–Crippen MR) is 90.6 cm³/mol. The fraction of sp³-hybridized carbons (Fsp3) is 0.438. The number of carbonyl (C=O) groups is 1. The molecule has 3 heterocycles. The van der Waals surface area contributed by atoms with Crippen molar-refractivity contribution in [3.63, 3.8) is 0 Å². The average molecular weight is 414 g/mol. The highest BCUT2D eigenvalue weighted by molar-refractivity contribution is 5.90. The van der Waals surface area contributed by atoms with Crippen LogP contribution in [-0.2, 0) is 10.9 Å². The molecular formula is C16H17F3N6O4. The molecular weight excluding hydrogens is 397 g/mol. The fourth-order valence-corrected chi connectivity index (χ4v) is 2.64. The third-order valence-corrected chi connectivity index (χ3v) is 4.12. The summed E-state index contributed by atoms with van der Waals surface area (Å²) in [6, 6.07) is 0.607. The number of aliphatic hydroxyl groups excluding tert-OH is 2. The van der Waals surface area contributed by atoms with E-state index >= 15 is 0 Å². The zero-order valence-corrected chi connectivity index (χ0v) is 14.7. The smallest absolute Gasteiger partial charge is 0.388 e. The van der Waals surface area contributed by atoms with E-state index in [0.717, 1.165) is 6.20 Å². The zero-order valence-electron chi connectivity index (χ0n) is 14.7. The van der Waals surface area contributed by atoms with E-state index in [-0.39, 0.29) is 24.8 Å². The molecule has 0 aliphatic carbocycles. The van der Waals surface area contributed by atoms with Gasteiger partial charge in [0.05, 0.1) is 25.0 Å². The van der Waals surface area contributed by atoms with Crippen molar-refractivity contribution in [2.24, 2.45) is 0 Å². The quantitative estimate of drug-likeness (QED) is 0.515. The third-order valence-electron chi connectivity index (χ3n) is 4.12. The molecule has 13 heteroatoms. The minimum Gasteiger partial charge on any atom is -0.388 e. The standard InChI is InChI=1S/C16H17F3N6O4/c17-16(18,19)10-5-20-6-11(25-10)24-8-7-29-9(13(27)12(8)26)4-23-15(28)14-21-2-1-3-22-14/h1-3,5-6,8-9,12-13,26-27H,4,7H2,(H,23,28)(H,24,25)/t8-,9+,12+,13-/m0/s1. The lowest BCUT2D eigenvalue weighted by Gasteiger charge is -2.38. The molecule has 2 aromatic rings. The Hall–Kier alpha value is -2.90. The second-order valence-corrected chi connectivity index (χ2v) is 6.17. The van der Waals surface area contributed by atoms with Crippen molar-refractivity contribution >= 4 is 11.7 Å². The van der Waals surface area contributed by atoms with Crippen LogP contribution in [0.2, 0.25) is 0 Å². The number of aliphatic hydroxyl groups is 2. The summed E-state index contributed by atoms with van der Waals surface area (Å²) in [5.74, 6) is -0.885. The van der Waals surface area contributed by atoms with E-state index < -0.39 is 42.1 Å². The van der Waals surface area contributed by atoms with E-state index in [1.165, 1.54) is 12.4 Å². The maximum atomic E-state index is 12.7. The molecule has 1 aliphatic heterocycles. The van der Waals surface area contributed by atoms with Gasteiger partial charge < -0.3 is 25.6 Å². The highest BCUT2D eigenvalue weighted by Gasteiger charge is 2.39. The Morgan fingerprint density at radius 1 is 1.21 bits per heavy atom. The second-order valence-electron chi connectivity index (χ2n) is 6.17. The molecule has 3 rings (SSSR count). The number of hydrogen-bond acceptors (Lipinski definition) is 9. The zero-order chi connectivity index (χ0) is 21.0. The van der Waals surface area contributed by atoms with Gasteiger partial charge in [0.2, 0.25) is 5.82 Å². The lowest BCUT2D eigenvalue weighted by atomic mass is 9.98. The van der Waals surface area contributed by atoms with Gasteiger partial charge in [0.25, 0.3) is 5.91 Å². The SMILES string of the molecule is O=C(NC[C@H]1OC[C@H](Nc2cncc(C(F)(F)F)n2)[C@@H](O)[C@H]1O)c1ncccn1. The molecule has 2 aromatic heterocycles. The number of nitrogens with zero attached hydrogens (tertiary/aromatic N) is 4. The fourth-order valence-electron chi connectivity index (χ4n) is 2.64. The maximum Gasteiger partial charge on any atom is 0.434 e. The van der Waals surface area contributed by atoms with Crippen molar-refractivity contribution in [1.82, 2.24) is 25.3 Å². The lowest BCUT2D eigenvalue weighted by Crippen LogP contribution is -2.58. The Kier molecular flexibility index (Phi) is 6.20. The van der Waals surface area contributed by atoms with Crippen molar-refractivity contribution in [2.45, 2.75) is 30.5 Å². The Labute approximate surface area is 162 Å². The third kappa shape index (κ3) is 5.13. The second kappa shape index (κ2) is 8.63. The molecule has 29 heavy (non-hydrogen) atoms. The Morgan fingerprint density at radius 3 is 2.62 bits per heavy atom. The summed E-state index contributed by atoms with van der Waals surface area (Å²) >= 11 is 0. The van der Waals surface area contributed by atoms with Crippen molar-refractivity contribution in [1.29, 1.82) is 0 Å². The molecule has 10 nitrogen and oxygen atoms in total. The number of carbonyl (C=O) groups excluding carboxylic acids is 1. The molecule has 0 aromatic carbocycles. The number of anilines is 1.